The number of halogens is 6. The van der Waals surface area contributed by atoms with Gasteiger partial charge in [-0.2, -0.15) is 13.5 Å². The van der Waals surface area contributed by atoms with Crippen molar-refractivity contribution in [1.82, 2.24) is 0 Å². The van der Waals surface area contributed by atoms with Gasteiger partial charge in [-0.25, -0.2) is 0 Å². The summed E-state index contributed by atoms with van der Waals surface area (Å²) in [5, 5.41) is 22.9. The van der Waals surface area contributed by atoms with Crippen molar-refractivity contribution in [3.8, 4) is 0 Å². The Morgan fingerprint density at radius 2 is 0.370 bits per heavy atom. The molecule has 9 nitrogen and oxygen atoms in total. The van der Waals surface area contributed by atoms with Gasteiger partial charge in [-0.1, -0.05) is 95.6 Å². The molecule has 7 rings (SSSR count). The summed E-state index contributed by atoms with van der Waals surface area (Å²) in [7, 11) is -9.77. The van der Waals surface area contributed by atoms with Gasteiger partial charge in [-0.05, 0) is 146 Å². The molecule has 0 spiro atoms. The molecule has 18 heteroatoms. The Labute approximate surface area is 365 Å². The molecule has 0 amide bonds. The van der Waals surface area contributed by atoms with Gasteiger partial charge < -0.3 is 30.5 Å². The Kier molecular flexibility index (Phi) is 12.9. The molecule has 0 fully saturated rings. The molecule has 0 saturated carbocycles. The van der Waals surface area contributed by atoms with Crippen LogP contribution in [0.1, 0.15) is 0 Å². The third kappa shape index (κ3) is 10.5. The highest BCUT2D eigenvalue weighted by Gasteiger charge is 2.39. The summed E-state index contributed by atoms with van der Waals surface area (Å²) in [5.74, 6) is 0. The average molecular weight is 1160 g/mol. The van der Waals surface area contributed by atoms with Crippen LogP contribution in [-0.4, -0.2) is 0 Å². The fraction of sp³-hybridized carbons (Fsp3) is 0. The quantitative estimate of drug-likeness (QED) is 0.0682. The average Bonchev–Trinajstić information content (AvgIpc) is 3.14. The molecule has 6 aromatic rings. The summed E-state index contributed by atoms with van der Waals surface area (Å²) in [6.45, 7) is 0. The van der Waals surface area contributed by atoms with Gasteiger partial charge >= 0.3 is 0 Å². The minimum Gasteiger partial charge on any atom is -0.319 e. The van der Waals surface area contributed by atoms with Crippen molar-refractivity contribution < 1.29 is 0 Å². The van der Waals surface area contributed by atoms with E-state index in [4.69, 9.17) is 13.5 Å². The Bertz CT molecular complexity index is 1970. The standard InChI is InChI=1S/C36H30Br6N9P3/c37-25-1-13-31(14-2-25)43-52(44-32-15-3-26(38)4-16-32)49-53(45-33-17-5-27(39)6-18-33,46-34-19-7-28(40)8-20-34)51-54(50-52,47-35-21-9-29(41)10-22-35)48-36-23-11-30(42)12-24-36/h1-24,43-48H. The highest BCUT2D eigenvalue weighted by atomic mass is 79.9. The smallest absolute Gasteiger partial charge is 0.268 e. The second kappa shape index (κ2) is 17.5. The minimum absolute atomic E-state index is 0.835. The van der Waals surface area contributed by atoms with E-state index < -0.39 is 22.5 Å². The Morgan fingerprint density at radius 3 is 0.500 bits per heavy atom. The maximum atomic E-state index is 5.75. The molecule has 6 aromatic carbocycles. The molecule has 54 heavy (non-hydrogen) atoms. The first-order valence-corrected chi connectivity index (χ1v) is 25.9. The fourth-order valence-corrected chi connectivity index (χ4v) is 18.0. The summed E-state index contributed by atoms with van der Waals surface area (Å²) in [6, 6.07) is 48.2. The number of nitrogens with one attached hydrogen (secondary N) is 6. The predicted octanol–water partition coefficient (Wildman–Crippen LogP) is 17.1. The molecule has 276 valence electrons. The summed E-state index contributed by atoms with van der Waals surface area (Å²) in [6.07, 6.45) is 0. The van der Waals surface area contributed by atoms with E-state index in [0.717, 1.165) is 61.0 Å². The second-order valence-corrected chi connectivity index (χ2v) is 24.4. The number of hydrogen-bond donors (Lipinski definition) is 6. The first-order chi connectivity index (χ1) is 26.0. The molecule has 0 radical (unpaired) electrons. The van der Waals surface area contributed by atoms with E-state index in [0.29, 0.717) is 0 Å². The Morgan fingerprint density at radius 1 is 0.241 bits per heavy atom. The molecule has 0 saturated heterocycles. The summed E-state index contributed by atoms with van der Waals surface area (Å²) in [4.78, 5) is 0. The Hall–Kier alpha value is -2.31. The molecule has 0 bridgehead atoms. The zero-order valence-corrected chi connectivity index (χ0v) is 40.0. The highest BCUT2D eigenvalue weighted by molar-refractivity contribution is 9.11. The van der Waals surface area contributed by atoms with Crippen LogP contribution in [0.5, 0.6) is 0 Å². The number of rotatable bonds is 12. The zero-order chi connectivity index (χ0) is 37.8. The van der Waals surface area contributed by atoms with Gasteiger partial charge in [-0.3, -0.25) is 0 Å². The van der Waals surface area contributed by atoms with E-state index in [9.17, 15) is 0 Å². The molecule has 6 N–H and O–H groups in total. The fourth-order valence-electron chi connectivity index (χ4n) is 5.19. The lowest BCUT2D eigenvalue weighted by molar-refractivity contribution is 1.48. The maximum Gasteiger partial charge on any atom is 0.268 e. The maximum absolute atomic E-state index is 5.75. The summed E-state index contributed by atoms with van der Waals surface area (Å²) < 4.78 is 23.0. The zero-order valence-electron chi connectivity index (χ0n) is 27.8. The SMILES string of the molecule is Brc1ccc(NP2(Nc3ccc(Br)cc3)=NP(Nc3ccc(Br)cc3)(Nc3ccc(Br)cc3)=NP(Nc3ccc(Br)cc3)(Nc3ccc(Br)cc3)=N2)cc1. The predicted molar refractivity (Wildman–Crippen MR) is 255 cm³/mol. The van der Waals surface area contributed by atoms with Crippen molar-refractivity contribution in [2.24, 2.45) is 13.5 Å². The molecule has 0 aliphatic carbocycles. The van der Waals surface area contributed by atoms with Crippen molar-refractivity contribution in [3.63, 3.8) is 0 Å². The van der Waals surface area contributed by atoms with Gasteiger partial charge in [0.15, 0.2) is 0 Å². The van der Waals surface area contributed by atoms with E-state index >= 15 is 0 Å². The van der Waals surface area contributed by atoms with Crippen molar-refractivity contribution in [2.45, 2.75) is 0 Å². The van der Waals surface area contributed by atoms with E-state index in [2.05, 4.69) is 126 Å². The van der Waals surface area contributed by atoms with Gasteiger partial charge in [0, 0.05) is 61.0 Å². The molecule has 0 unspecified atom stereocenters. The van der Waals surface area contributed by atoms with E-state index in [1.165, 1.54) is 0 Å². The summed E-state index contributed by atoms with van der Waals surface area (Å²) in [5.41, 5.74) is 5.01. The highest BCUT2D eigenvalue weighted by Crippen LogP contribution is 2.76. The van der Waals surface area contributed by atoms with Gasteiger partial charge in [0.1, 0.15) is 0 Å². The lowest BCUT2D eigenvalue weighted by atomic mass is 10.3. The summed E-state index contributed by atoms with van der Waals surface area (Å²) >= 11 is 21.6. The van der Waals surface area contributed by atoms with Gasteiger partial charge in [0.25, 0.3) is 22.5 Å². The van der Waals surface area contributed by atoms with Crippen LogP contribution in [0.2, 0.25) is 0 Å². The van der Waals surface area contributed by atoms with Gasteiger partial charge in [-0.15, -0.1) is 0 Å². The number of anilines is 6. The van der Waals surface area contributed by atoms with Crippen molar-refractivity contribution >= 4 is 152 Å². The lowest BCUT2D eigenvalue weighted by Gasteiger charge is -2.38. The van der Waals surface area contributed by atoms with Crippen molar-refractivity contribution in [2.75, 3.05) is 30.5 Å². The second-order valence-electron chi connectivity index (χ2n) is 11.8. The van der Waals surface area contributed by atoms with Gasteiger partial charge in [0.05, 0.1) is 0 Å². The molecule has 1 aliphatic heterocycles. The van der Waals surface area contributed by atoms with Crippen LogP contribution in [0.4, 0.5) is 34.1 Å². The molecular formula is C36H30Br6N9P3. The normalized spacial score (nSPS) is 15.0. The van der Waals surface area contributed by atoms with Crippen LogP contribution in [0, 0.1) is 0 Å². The van der Waals surface area contributed by atoms with Crippen LogP contribution in [-0.2, 0) is 0 Å². The number of benzene rings is 6. The molecule has 1 aliphatic rings. The minimum atomic E-state index is -3.26. The van der Waals surface area contributed by atoms with E-state index in [1.54, 1.807) is 0 Å². The van der Waals surface area contributed by atoms with Crippen LogP contribution in [0.25, 0.3) is 0 Å². The van der Waals surface area contributed by atoms with Crippen molar-refractivity contribution in [1.29, 1.82) is 0 Å². The first kappa shape index (κ1) is 39.9. The monoisotopic (exact) mass is 1150 g/mol. The van der Waals surface area contributed by atoms with Crippen LogP contribution < -0.4 is 30.5 Å². The first-order valence-electron chi connectivity index (χ1n) is 16.1. The van der Waals surface area contributed by atoms with Crippen LogP contribution in [0.3, 0.4) is 0 Å². The largest absolute Gasteiger partial charge is 0.319 e. The Balaban J connectivity index is 1.56. The third-order valence-corrected chi connectivity index (χ3v) is 20.4. The molecule has 1 heterocycles. The van der Waals surface area contributed by atoms with Crippen LogP contribution >= 0.6 is 118 Å². The topological polar surface area (TPSA) is 109 Å². The molecular weight excluding hydrogens is 1130 g/mol. The van der Waals surface area contributed by atoms with Crippen LogP contribution in [0.15, 0.2) is 186 Å². The van der Waals surface area contributed by atoms with Gasteiger partial charge in [0.2, 0.25) is 0 Å². The van der Waals surface area contributed by atoms with Crippen molar-refractivity contribution in [3.05, 3.63) is 172 Å². The number of nitrogens with zero attached hydrogens (tertiary/aromatic N) is 3. The molecule has 0 atom stereocenters. The molecule has 0 aromatic heterocycles. The number of hydrogen-bond acceptors (Lipinski definition) is 9. The lowest BCUT2D eigenvalue weighted by Crippen LogP contribution is -2.16. The third-order valence-electron chi connectivity index (χ3n) is 7.55. The van der Waals surface area contributed by atoms with E-state index in [-0.39, 0.29) is 0 Å². The van der Waals surface area contributed by atoms with E-state index in [1.807, 2.05) is 146 Å².